The first-order valence-corrected chi connectivity index (χ1v) is 6.57. The van der Waals surface area contributed by atoms with E-state index in [9.17, 15) is 23.1 Å². The number of anilines is 1. The first-order valence-electron chi connectivity index (χ1n) is 6.57. The third-order valence-electron chi connectivity index (χ3n) is 3.14. The number of hydrogen-bond donors (Lipinski definition) is 3. The summed E-state index contributed by atoms with van der Waals surface area (Å²) in [5.41, 5.74) is 6.29. The van der Waals surface area contributed by atoms with Gasteiger partial charge >= 0.3 is 6.43 Å². The number of benzene rings is 1. The molecule has 1 aromatic carbocycles. The molecule has 0 aliphatic rings. The van der Waals surface area contributed by atoms with Crippen LogP contribution in [0.25, 0.3) is 11.3 Å². The second-order valence-corrected chi connectivity index (χ2v) is 4.75. The molecule has 1 heterocycles. The lowest BCUT2D eigenvalue weighted by Gasteiger charge is -2.21. The highest BCUT2D eigenvalue weighted by molar-refractivity contribution is 5.79. The van der Waals surface area contributed by atoms with Crippen molar-refractivity contribution >= 4 is 11.7 Å². The fourth-order valence-electron chi connectivity index (χ4n) is 1.95. The lowest BCUT2D eigenvalue weighted by Crippen LogP contribution is -2.43. The molecule has 0 saturated heterocycles. The minimum Gasteiger partial charge on any atom is -0.386 e. The zero-order valence-corrected chi connectivity index (χ0v) is 11.7. The SMILES string of the molecule is Nc1cc(-c2ccc(C(O)C(CF)NC(=O)C(F)F)cc2)on1. The smallest absolute Gasteiger partial charge is 0.315 e. The van der Waals surface area contributed by atoms with Gasteiger partial charge in [0.05, 0.1) is 6.04 Å². The molecule has 2 unspecified atom stereocenters. The number of carbonyl (C=O) groups is 1. The monoisotopic (exact) mass is 329 g/mol. The maximum atomic E-state index is 12.9. The number of alkyl halides is 3. The van der Waals surface area contributed by atoms with Gasteiger partial charge in [0.2, 0.25) is 0 Å². The second kappa shape index (κ2) is 7.14. The van der Waals surface area contributed by atoms with Gasteiger partial charge in [-0.3, -0.25) is 4.79 Å². The first kappa shape index (κ1) is 16.8. The maximum absolute atomic E-state index is 12.9. The number of nitrogens with zero attached hydrogens (tertiary/aromatic N) is 1. The van der Waals surface area contributed by atoms with Crippen LogP contribution in [0.2, 0.25) is 0 Å². The molecule has 1 amide bonds. The summed E-state index contributed by atoms with van der Waals surface area (Å²) < 4.78 is 42.2. The van der Waals surface area contributed by atoms with E-state index in [4.69, 9.17) is 10.3 Å². The van der Waals surface area contributed by atoms with Gasteiger partial charge in [0.1, 0.15) is 12.8 Å². The highest BCUT2D eigenvalue weighted by Crippen LogP contribution is 2.24. The van der Waals surface area contributed by atoms with Gasteiger partial charge in [-0.05, 0) is 5.56 Å². The van der Waals surface area contributed by atoms with Crippen molar-refractivity contribution in [3.63, 3.8) is 0 Å². The molecule has 4 N–H and O–H groups in total. The summed E-state index contributed by atoms with van der Waals surface area (Å²) in [6, 6.07) is 6.05. The van der Waals surface area contributed by atoms with Gasteiger partial charge in [0.25, 0.3) is 5.91 Å². The van der Waals surface area contributed by atoms with Crippen LogP contribution in [0, 0.1) is 0 Å². The molecule has 0 spiro atoms. The number of aliphatic hydroxyl groups is 1. The van der Waals surface area contributed by atoms with Gasteiger partial charge in [-0.2, -0.15) is 8.78 Å². The number of hydrogen-bond acceptors (Lipinski definition) is 5. The molecular formula is C14H14F3N3O3. The van der Waals surface area contributed by atoms with Crippen LogP contribution >= 0.6 is 0 Å². The Bertz CT molecular complexity index is 661. The number of nitrogens with two attached hydrogens (primary N) is 1. The summed E-state index contributed by atoms with van der Waals surface area (Å²) in [7, 11) is 0. The Morgan fingerprint density at radius 2 is 2.00 bits per heavy atom. The van der Waals surface area contributed by atoms with Gasteiger partial charge in [0.15, 0.2) is 11.6 Å². The molecule has 124 valence electrons. The third-order valence-corrected chi connectivity index (χ3v) is 3.14. The Kier molecular flexibility index (Phi) is 5.22. The van der Waals surface area contributed by atoms with E-state index in [1.165, 1.54) is 18.2 Å². The Morgan fingerprint density at radius 3 is 2.48 bits per heavy atom. The van der Waals surface area contributed by atoms with Crippen LogP contribution in [0.4, 0.5) is 19.0 Å². The minimum atomic E-state index is -3.28. The number of halogens is 3. The zero-order chi connectivity index (χ0) is 17.0. The number of nitrogen functional groups attached to an aromatic ring is 1. The predicted octanol–water partition coefficient (Wildman–Crippen LogP) is 1.68. The van der Waals surface area contributed by atoms with Crippen LogP contribution in [0.3, 0.4) is 0 Å². The van der Waals surface area contributed by atoms with Gasteiger partial charge in [-0.1, -0.05) is 29.4 Å². The van der Waals surface area contributed by atoms with E-state index >= 15 is 0 Å². The fraction of sp³-hybridized carbons (Fsp3) is 0.286. The Labute approximate surface area is 129 Å². The van der Waals surface area contributed by atoms with E-state index in [2.05, 4.69) is 5.16 Å². The van der Waals surface area contributed by atoms with Crippen molar-refractivity contribution in [2.45, 2.75) is 18.6 Å². The molecule has 6 nitrogen and oxygen atoms in total. The normalized spacial score (nSPS) is 13.8. The average Bonchev–Trinajstić information content (AvgIpc) is 2.98. The summed E-state index contributed by atoms with van der Waals surface area (Å²) in [5.74, 6) is -1.03. The molecule has 0 fully saturated rings. The molecule has 2 rings (SSSR count). The average molecular weight is 329 g/mol. The zero-order valence-electron chi connectivity index (χ0n) is 11.7. The van der Waals surface area contributed by atoms with E-state index in [1.807, 2.05) is 0 Å². The van der Waals surface area contributed by atoms with Crippen molar-refractivity contribution in [1.29, 1.82) is 0 Å². The molecule has 2 atom stereocenters. The van der Waals surface area contributed by atoms with Crippen LogP contribution in [-0.2, 0) is 4.79 Å². The largest absolute Gasteiger partial charge is 0.386 e. The fourth-order valence-corrected chi connectivity index (χ4v) is 1.95. The van der Waals surface area contributed by atoms with Crippen LogP contribution in [0.1, 0.15) is 11.7 Å². The van der Waals surface area contributed by atoms with Crippen LogP contribution in [0.15, 0.2) is 34.9 Å². The van der Waals surface area contributed by atoms with E-state index in [0.29, 0.717) is 11.3 Å². The molecule has 0 aliphatic carbocycles. The van der Waals surface area contributed by atoms with Gasteiger partial charge in [-0.25, -0.2) is 4.39 Å². The minimum absolute atomic E-state index is 0.205. The highest BCUT2D eigenvalue weighted by Gasteiger charge is 2.26. The van der Waals surface area contributed by atoms with Crippen molar-refractivity contribution in [1.82, 2.24) is 10.5 Å². The Morgan fingerprint density at radius 1 is 1.35 bits per heavy atom. The Balaban J connectivity index is 2.12. The molecule has 0 saturated carbocycles. The second-order valence-electron chi connectivity index (χ2n) is 4.75. The highest BCUT2D eigenvalue weighted by atomic mass is 19.3. The van der Waals surface area contributed by atoms with Crippen LogP contribution in [-0.4, -0.2) is 35.3 Å². The van der Waals surface area contributed by atoms with Crippen LogP contribution in [0.5, 0.6) is 0 Å². The molecule has 0 bridgehead atoms. The molecule has 9 heteroatoms. The van der Waals surface area contributed by atoms with E-state index < -0.39 is 31.2 Å². The predicted molar refractivity (Wildman–Crippen MR) is 75.2 cm³/mol. The summed E-state index contributed by atoms with van der Waals surface area (Å²) in [6.07, 6.45) is -4.76. The van der Waals surface area contributed by atoms with Crippen molar-refractivity contribution in [3.05, 3.63) is 35.9 Å². The lowest BCUT2D eigenvalue weighted by atomic mass is 10.0. The van der Waals surface area contributed by atoms with E-state index in [1.54, 1.807) is 17.4 Å². The standard InChI is InChI=1S/C14H14F3N3O3/c15-6-9(19-14(22)13(16)17)12(21)8-3-1-7(2-4-8)10-5-11(18)20-23-10/h1-5,9,12-13,21H,6H2,(H2,18,20)(H,19,22). The van der Waals surface area contributed by atoms with Crippen molar-refractivity contribution < 1.29 is 27.6 Å². The molecule has 23 heavy (non-hydrogen) atoms. The molecule has 2 aromatic rings. The number of amides is 1. The van der Waals surface area contributed by atoms with E-state index in [-0.39, 0.29) is 11.4 Å². The third kappa shape index (κ3) is 4.01. The van der Waals surface area contributed by atoms with Crippen LogP contribution < -0.4 is 11.1 Å². The molecule has 0 aliphatic heterocycles. The quantitative estimate of drug-likeness (QED) is 0.748. The topological polar surface area (TPSA) is 101 Å². The molecular weight excluding hydrogens is 315 g/mol. The van der Waals surface area contributed by atoms with Crippen molar-refractivity contribution in [2.24, 2.45) is 0 Å². The Hall–Kier alpha value is -2.55. The number of rotatable bonds is 6. The number of aliphatic hydroxyl groups excluding tert-OH is 1. The van der Waals surface area contributed by atoms with Crippen molar-refractivity contribution in [2.75, 3.05) is 12.4 Å². The molecule has 0 radical (unpaired) electrons. The van der Waals surface area contributed by atoms with Gasteiger partial charge in [0, 0.05) is 11.6 Å². The molecule has 1 aromatic heterocycles. The summed E-state index contributed by atoms with van der Waals surface area (Å²) in [5, 5.41) is 15.3. The summed E-state index contributed by atoms with van der Waals surface area (Å²) in [6.45, 7) is -1.19. The van der Waals surface area contributed by atoms with E-state index in [0.717, 1.165) is 0 Å². The number of nitrogens with one attached hydrogen (secondary N) is 1. The number of carbonyl (C=O) groups excluding carboxylic acids is 1. The van der Waals surface area contributed by atoms with Gasteiger partial charge in [-0.15, -0.1) is 0 Å². The maximum Gasteiger partial charge on any atom is 0.315 e. The summed E-state index contributed by atoms with van der Waals surface area (Å²) >= 11 is 0. The lowest BCUT2D eigenvalue weighted by molar-refractivity contribution is -0.133. The number of aromatic nitrogens is 1. The van der Waals surface area contributed by atoms with Crippen molar-refractivity contribution in [3.8, 4) is 11.3 Å². The van der Waals surface area contributed by atoms with Gasteiger partial charge < -0.3 is 20.7 Å². The first-order chi connectivity index (χ1) is 10.9. The summed E-state index contributed by atoms with van der Waals surface area (Å²) in [4.78, 5) is 10.9.